The van der Waals surface area contributed by atoms with Gasteiger partial charge in [0.25, 0.3) is 0 Å². The fourth-order valence-corrected chi connectivity index (χ4v) is 3.50. The van der Waals surface area contributed by atoms with Crippen LogP contribution in [0.15, 0.2) is 63.8 Å². The van der Waals surface area contributed by atoms with Crippen molar-refractivity contribution in [3.8, 4) is 40.0 Å². The SMILES string of the molecule is COc1cc(-c2cc(-c3cc4ccccc4oc3=O)nc(NC(=S)S)c2C#N)ccc1O. The Hall–Kier alpha value is -3.87. The van der Waals surface area contributed by atoms with Gasteiger partial charge in [-0.3, -0.25) is 0 Å². The van der Waals surface area contributed by atoms with E-state index in [0.717, 1.165) is 5.39 Å². The quantitative estimate of drug-likeness (QED) is 0.227. The van der Waals surface area contributed by atoms with Crippen LogP contribution in [-0.4, -0.2) is 21.5 Å². The first-order valence-corrected chi connectivity index (χ1v) is 10.1. The molecule has 0 aliphatic carbocycles. The van der Waals surface area contributed by atoms with E-state index in [2.05, 4.69) is 29.0 Å². The van der Waals surface area contributed by atoms with E-state index in [9.17, 15) is 15.2 Å². The van der Waals surface area contributed by atoms with Gasteiger partial charge in [0.15, 0.2) is 17.3 Å². The third-order valence-corrected chi connectivity index (χ3v) is 4.98. The number of pyridine rings is 1. The number of phenols is 1. The number of thiocarbonyl (C=S) groups is 1. The van der Waals surface area contributed by atoms with Crippen LogP contribution in [0.3, 0.4) is 0 Å². The van der Waals surface area contributed by atoms with Crippen LogP contribution in [0.4, 0.5) is 5.82 Å². The Labute approximate surface area is 193 Å². The smallest absolute Gasteiger partial charge is 0.345 e. The number of ether oxygens (including phenoxy) is 1. The lowest BCUT2D eigenvalue weighted by atomic mass is 9.98. The fraction of sp³-hybridized carbons (Fsp3) is 0.0435. The Balaban J connectivity index is 2.02. The minimum atomic E-state index is -0.574. The summed E-state index contributed by atoms with van der Waals surface area (Å²) in [4.78, 5) is 17.2. The second-order valence-electron chi connectivity index (χ2n) is 6.69. The number of rotatable bonds is 4. The standard InChI is InChI=1S/C23H15N3O4S2/c1-29-20-9-12(6-7-18(20)27)14-10-17(25-21(16(14)11-24)26-23(31)32)15-8-13-4-2-3-5-19(13)30-22(15)28/h2-10,27H,1H3,(H2,25,26,31,32). The minimum absolute atomic E-state index is 0.0471. The topological polar surface area (TPSA) is 108 Å². The molecule has 2 N–H and O–H groups in total. The van der Waals surface area contributed by atoms with Crippen LogP contribution >= 0.6 is 24.8 Å². The number of hydrogen-bond acceptors (Lipinski definition) is 7. The van der Waals surface area contributed by atoms with Crippen molar-refractivity contribution in [3.63, 3.8) is 0 Å². The highest BCUT2D eigenvalue weighted by Gasteiger charge is 2.19. The highest BCUT2D eigenvalue weighted by Crippen LogP contribution is 2.36. The van der Waals surface area contributed by atoms with Gasteiger partial charge >= 0.3 is 5.63 Å². The summed E-state index contributed by atoms with van der Waals surface area (Å²) in [6.45, 7) is 0. The summed E-state index contributed by atoms with van der Waals surface area (Å²) in [6.07, 6.45) is 0. The van der Waals surface area contributed by atoms with Crippen LogP contribution in [-0.2, 0) is 0 Å². The zero-order valence-electron chi connectivity index (χ0n) is 16.6. The van der Waals surface area contributed by atoms with Gasteiger partial charge in [-0.25, -0.2) is 9.78 Å². The molecule has 32 heavy (non-hydrogen) atoms. The molecule has 0 aliphatic heterocycles. The number of para-hydroxylation sites is 1. The third kappa shape index (κ3) is 4.01. The maximum absolute atomic E-state index is 12.7. The molecule has 0 amide bonds. The van der Waals surface area contributed by atoms with Gasteiger partial charge in [0.05, 0.1) is 18.4 Å². The monoisotopic (exact) mass is 461 g/mol. The maximum Gasteiger partial charge on any atom is 0.345 e. The Morgan fingerprint density at radius 1 is 1.22 bits per heavy atom. The van der Waals surface area contributed by atoms with Gasteiger partial charge in [-0.15, -0.1) is 12.6 Å². The highest BCUT2D eigenvalue weighted by molar-refractivity contribution is 8.11. The molecule has 2 heterocycles. The van der Waals surface area contributed by atoms with E-state index in [1.807, 2.05) is 12.1 Å². The second kappa shape index (κ2) is 8.70. The first-order valence-electron chi connectivity index (χ1n) is 9.27. The summed E-state index contributed by atoms with van der Waals surface area (Å²) in [5.41, 5.74) is 1.57. The number of anilines is 1. The van der Waals surface area contributed by atoms with Gasteiger partial charge in [-0.1, -0.05) is 36.5 Å². The molecule has 0 radical (unpaired) electrons. The lowest BCUT2D eigenvalue weighted by molar-refractivity contribution is 0.373. The average molecular weight is 462 g/mol. The van der Waals surface area contributed by atoms with E-state index in [1.165, 1.54) is 13.2 Å². The van der Waals surface area contributed by atoms with Gasteiger partial charge in [-0.05, 0) is 35.9 Å². The predicted molar refractivity (Wildman–Crippen MR) is 129 cm³/mol. The Morgan fingerprint density at radius 2 is 2.00 bits per heavy atom. The lowest BCUT2D eigenvalue weighted by Gasteiger charge is -2.14. The number of benzene rings is 2. The summed E-state index contributed by atoms with van der Waals surface area (Å²) in [7, 11) is 1.43. The third-order valence-electron chi connectivity index (χ3n) is 4.76. The average Bonchev–Trinajstić information content (AvgIpc) is 2.78. The van der Waals surface area contributed by atoms with Crippen LogP contribution in [0.25, 0.3) is 33.4 Å². The molecule has 0 unspecified atom stereocenters. The summed E-state index contributed by atoms with van der Waals surface area (Å²) in [5.74, 6) is 0.322. The fourth-order valence-electron chi connectivity index (χ4n) is 3.30. The summed E-state index contributed by atoms with van der Waals surface area (Å²) in [6, 6.07) is 17.2. The molecule has 0 atom stereocenters. The molecule has 9 heteroatoms. The summed E-state index contributed by atoms with van der Waals surface area (Å²) < 4.78 is 10.7. The van der Waals surface area contributed by atoms with Gasteiger partial charge in [0.1, 0.15) is 21.5 Å². The molecule has 0 saturated carbocycles. The number of phenolic OH excluding ortho intramolecular Hbond substituents is 1. The molecule has 0 spiro atoms. The van der Waals surface area contributed by atoms with Crippen molar-refractivity contribution >= 4 is 46.0 Å². The first-order chi connectivity index (χ1) is 15.4. The van der Waals surface area contributed by atoms with Crippen molar-refractivity contribution < 1.29 is 14.3 Å². The number of nitrogens with zero attached hydrogens (tertiary/aromatic N) is 2. The molecule has 2 aromatic carbocycles. The van der Waals surface area contributed by atoms with E-state index in [-0.39, 0.29) is 38.5 Å². The molecule has 0 aliphatic rings. The van der Waals surface area contributed by atoms with Crippen molar-refractivity contribution in [2.75, 3.05) is 12.4 Å². The van der Waals surface area contributed by atoms with Gasteiger partial charge in [0, 0.05) is 10.9 Å². The second-order valence-corrected chi connectivity index (χ2v) is 7.85. The Kier molecular flexibility index (Phi) is 5.81. The number of methoxy groups -OCH3 is 1. The molecule has 0 saturated heterocycles. The van der Waals surface area contributed by atoms with Gasteiger partial charge in [-0.2, -0.15) is 5.26 Å². The van der Waals surface area contributed by atoms with E-state index >= 15 is 0 Å². The largest absolute Gasteiger partial charge is 0.504 e. The molecular formula is C23H15N3O4S2. The zero-order chi connectivity index (χ0) is 22.8. The van der Waals surface area contributed by atoms with Crippen molar-refractivity contribution in [2.45, 2.75) is 0 Å². The number of nitrogens with one attached hydrogen (secondary N) is 1. The van der Waals surface area contributed by atoms with Crippen LogP contribution in [0.1, 0.15) is 5.56 Å². The minimum Gasteiger partial charge on any atom is -0.504 e. The van der Waals surface area contributed by atoms with Gasteiger partial charge < -0.3 is 19.6 Å². The number of hydrogen-bond donors (Lipinski definition) is 3. The normalized spacial score (nSPS) is 10.5. The van der Waals surface area contributed by atoms with Crippen LogP contribution < -0.4 is 15.7 Å². The molecule has 4 aromatic rings. The molecule has 0 fully saturated rings. The van der Waals surface area contributed by atoms with E-state index in [1.54, 1.807) is 36.4 Å². The van der Waals surface area contributed by atoms with E-state index in [4.69, 9.17) is 21.4 Å². The van der Waals surface area contributed by atoms with E-state index < -0.39 is 5.63 Å². The molecular weight excluding hydrogens is 446 g/mol. The number of thiol groups is 1. The lowest BCUT2D eigenvalue weighted by Crippen LogP contribution is -2.10. The molecule has 0 bridgehead atoms. The van der Waals surface area contributed by atoms with E-state index in [0.29, 0.717) is 16.7 Å². The number of aromatic hydroxyl groups is 1. The van der Waals surface area contributed by atoms with Crippen LogP contribution in [0, 0.1) is 11.3 Å². The number of nitriles is 1. The van der Waals surface area contributed by atoms with Crippen LogP contribution in [0.5, 0.6) is 11.5 Å². The molecule has 2 aromatic heterocycles. The first kappa shape index (κ1) is 21.4. The highest BCUT2D eigenvalue weighted by atomic mass is 32.1. The van der Waals surface area contributed by atoms with Crippen LogP contribution in [0.2, 0.25) is 0 Å². The van der Waals surface area contributed by atoms with Gasteiger partial charge in [0.2, 0.25) is 0 Å². The number of fused-ring (bicyclic) bond motifs is 1. The summed E-state index contributed by atoms with van der Waals surface area (Å²) >= 11 is 9.11. The predicted octanol–water partition coefficient (Wildman–Crippen LogP) is 4.73. The van der Waals surface area contributed by atoms with Crippen molar-refractivity contribution in [1.82, 2.24) is 4.98 Å². The molecule has 158 valence electrons. The Morgan fingerprint density at radius 3 is 2.72 bits per heavy atom. The zero-order valence-corrected chi connectivity index (χ0v) is 18.3. The summed E-state index contributed by atoms with van der Waals surface area (Å²) in [5, 5.41) is 23.3. The Bertz CT molecular complexity index is 1470. The van der Waals surface area contributed by atoms with Crippen molar-refractivity contribution in [3.05, 3.63) is 70.6 Å². The van der Waals surface area contributed by atoms with Crippen molar-refractivity contribution in [1.29, 1.82) is 5.26 Å². The number of aromatic nitrogens is 1. The molecule has 7 nitrogen and oxygen atoms in total. The molecule has 4 rings (SSSR count). The van der Waals surface area contributed by atoms with Crippen molar-refractivity contribution in [2.24, 2.45) is 0 Å². The maximum atomic E-state index is 12.7.